The Hall–Kier alpha value is -1.60. The van der Waals surface area contributed by atoms with Crippen molar-refractivity contribution in [1.29, 1.82) is 0 Å². The van der Waals surface area contributed by atoms with E-state index in [2.05, 4.69) is 15.0 Å². The lowest BCUT2D eigenvalue weighted by atomic mass is 10.2. The molecule has 0 unspecified atom stereocenters. The molecule has 0 atom stereocenters. The van der Waals surface area contributed by atoms with E-state index in [0.717, 1.165) is 0 Å². The molecule has 14 heavy (non-hydrogen) atoms. The lowest BCUT2D eigenvalue weighted by molar-refractivity contribution is 0.0958. The third-order valence-corrected chi connectivity index (χ3v) is 1.44. The Balaban J connectivity index is 2.73. The number of hydrogen-bond donors (Lipinski definition) is 3. The molecule has 0 radical (unpaired) electrons. The summed E-state index contributed by atoms with van der Waals surface area (Å²) in [5, 5.41) is 19.3. The highest BCUT2D eigenvalue weighted by molar-refractivity contribution is 6.33. The Morgan fingerprint density at radius 3 is 2.71 bits per heavy atom. The van der Waals surface area contributed by atoms with Crippen molar-refractivity contribution < 1.29 is 19.5 Å². The number of carbonyl (C=O) groups is 1. The van der Waals surface area contributed by atoms with Crippen LogP contribution in [0.2, 0.25) is 0 Å². The Morgan fingerprint density at radius 1 is 1.57 bits per heavy atom. The van der Waals surface area contributed by atoms with Gasteiger partial charge in [-0.2, -0.15) is 0 Å². The molecular formula is C7H9BN2O4. The molecule has 0 saturated carbocycles. The highest BCUT2D eigenvalue weighted by Gasteiger charge is 2.11. The number of aromatic nitrogens is 1. The fourth-order valence-corrected chi connectivity index (χ4v) is 0.834. The highest BCUT2D eigenvalue weighted by atomic mass is 16.6. The summed E-state index contributed by atoms with van der Waals surface area (Å²) in [5.41, 5.74) is 0.229. The first kappa shape index (κ1) is 10.5. The van der Waals surface area contributed by atoms with Crippen molar-refractivity contribution in [3.05, 3.63) is 24.0 Å². The van der Waals surface area contributed by atoms with E-state index >= 15 is 0 Å². The predicted molar refractivity (Wildman–Crippen MR) is 48.4 cm³/mol. The fourth-order valence-electron chi connectivity index (χ4n) is 0.834. The molecule has 1 aromatic rings. The first-order valence-electron chi connectivity index (χ1n) is 3.84. The Kier molecular flexibility index (Phi) is 3.44. The maximum atomic E-state index is 11.0. The van der Waals surface area contributed by atoms with E-state index in [9.17, 15) is 4.79 Å². The van der Waals surface area contributed by atoms with E-state index in [4.69, 9.17) is 10.0 Å². The molecule has 1 heterocycles. The normalized spacial score (nSPS) is 9.36. The van der Waals surface area contributed by atoms with Gasteiger partial charge in [0, 0.05) is 7.05 Å². The quantitative estimate of drug-likeness (QED) is 0.527. The zero-order valence-electron chi connectivity index (χ0n) is 7.47. The van der Waals surface area contributed by atoms with Crippen LogP contribution in [0.25, 0.3) is 0 Å². The lowest BCUT2D eigenvalue weighted by Gasteiger charge is -2.04. The summed E-state index contributed by atoms with van der Waals surface area (Å²) in [6.07, 6.45) is 1.23. The average Bonchev–Trinajstić information content (AvgIpc) is 2.17. The molecule has 6 nitrogen and oxygen atoms in total. The van der Waals surface area contributed by atoms with Gasteiger partial charge in [0.05, 0.1) is 6.20 Å². The molecule has 0 aliphatic carbocycles. The number of carbonyl (C=O) groups excluding carboxylic acids is 1. The monoisotopic (exact) mass is 196 g/mol. The smallest absolute Gasteiger partial charge is 0.511 e. The van der Waals surface area contributed by atoms with Gasteiger partial charge in [0.25, 0.3) is 5.91 Å². The average molecular weight is 196 g/mol. The highest BCUT2D eigenvalue weighted by Crippen LogP contribution is 2.08. The summed E-state index contributed by atoms with van der Waals surface area (Å²) in [5.74, 6) is -0.145. The van der Waals surface area contributed by atoms with E-state index in [-0.39, 0.29) is 17.4 Å². The third kappa shape index (κ3) is 2.72. The van der Waals surface area contributed by atoms with Gasteiger partial charge < -0.3 is 20.0 Å². The van der Waals surface area contributed by atoms with Crippen LogP contribution < -0.4 is 9.97 Å². The molecule has 0 aromatic carbocycles. The van der Waals surface area contributed by atoms with Gasteiger partial charge in [-0.3, -0.25) is 4.79 Å². The Labute approximate surface area is 80.7 Å². The Morgan fingerprint density at radius 2 is 2.29 bits per heavy atom. The van der Waals surface area contributed by atoms with Crippen LogP contribution in [0.1, 0.15) is 10.5 Å². The molecule has 7 heteroatoms. The molecule has 3 N–H and O–H groups in total. The van der Waals surface area contributed by atoms with Gasteiger partial charge in [0.2, 0.25) is 0 Å². The number of hydrogen-bond acceptors (Lipinski definition) is 5. The molecular weight excluding hydrogens is 187 g/mol. The van der Waals surface area contributed by atoms with Crippen LogP contribution in [0, 0.1) is 0 Å². The number of nitrogens with zero attached hydrogens (tertiary/aromatic N) is 1. The van der Waals surface area contributed by atoms with Crippen molar-refractivity contribution in [1.82, 2.24) is 10.3 Å². The number of pyridine rings is 1. The van der Waals surface area contributed by atoms with Crippen molar-refractivity contribution in [2.24, 2.45) is 0 Å². The first-order chi connectivity index (χ1) is 6.63. The summed E-state index contributed by atoms with van der Waals surface area (Å²) in [7, 11) is -0.394. The molecule has 74 valence electrons. The maximum absolute atomic E-state index is 11.0. The largest absolute Gasteiger partial charge is 0.707 e. The second-order valence-corrected chi connectivity index (χ2v) is 2.40. The van der Waals surface area contributed by atoms with Crippen molar-refractivity contribution >= 4 is 13.2 Å². The topological polar surface area (TPSA) is 91.7 Å². The van der Waals surface area contributed by atoms with Crippen LogP contribution in [0.15, 0.2) is 18.3 Å². The number of rotatable bonds is 3. The minimum absolute atomic E-state index is 0.174. The molecule has 1 aromatic heterocycles. The van der Waals surface area contributed by atoms with Crippen LogP contribution in [0.4, 0.5) is 0 Å². The molecule has 1 rings (SSSR count). The molecule has 0 aliphatic rings. The summed E-state index contributed by atoms with van der Waals surface area (Å²) >= 11 is 0. The van der Waals surface area contributed by atoms with Gasteiger partial charge in [-0.05, 0) is 12.1 Å². The van der Waals surface area contributed by atoms with E-state index in [1.807, 2.05) is 0 Å². The summed E-state index contributed by atoms with van der Waals surface area (Å²) < 4.78 is 4.50. The van der Waals surface area contributed by atoms with Crippen molar-refractivity contribution in [3.63, 3.8) is 0 Å². The minimum Gasteiger partial charge on any atom is -0.511 e. The molecule has 0 fully saturated rings. The van der Waals surface area contributed by atoms with Crippen LogP contribution in [0.3, 0.4) is 0 Å². The van der Waals surface area contributed by atoms with E-state index in [0.29, 0.717) is 0 Å². The Bertz CT molecular complexity index is 314. The maximum Gasteiger partial charge on any atom is 0.707 e. The fraction of sp³-hybridized carbons (Fsp3) is 0.143. The molecule has 0 saturated heterocycles. The molecule has 0 bridgehead atoms. The zero-order valence-corrected chi connectivity index (χ0v) is 7.47. The van der Waals surface area contributed by atoms with Crippen LogP contribution in [-0.4, -0.2) is 35.3 Å². The van der Waals surface area contributed by atoms with E-state index in [1.54, 1.807) is 0 Å². The van der Waals surface area contributed by atoms with Crippen LogP contribution >= 0.6 is 0 Å². The minimum atomic E-state index is -1.89. The van der Waals surface area contributed by atoms with E-state index < -0.39 is 7.32 Å². The van der Waals surface area contributed by atoms with Gasteiger partial charge in [0.15, 0.2) is 0 Å². The van der Waals surface area contributed by atoms with Gasteiger partial charge in [-0.15, -0.1) is 0 Å². The standard InChI is InChI=1S/C7H9BN2O4/c1-9-7(11)6-3-2-5(4-10-6)14-8(12)13/h2-4,12-13H,1H3,(H,9,11). The van der Waals surface area contributed by atoms with Crippen LogP contribution in [0.5, 0.6) is 5.75 Å². The summed E-state index contributed by atoms with van der Waals surface area (Å²) in [6, 6.07) is 2.83. The van der Waals surface area contributed by atoms with Gasteiger partial charge in [-0.1, -0.05) is 0 Å². The first-order valence-corrected chi connectivity index (χ1v) is 3.84. The van der Waals surface area contributed by atoms with Crippen molar-refractivity contribution in [3.8, 4) is 5.75 Å². The summed E-state index contributed by atoms with van der Waals surface area (Å²) in [6.45, 7) is 0. The lowest BCUT2D eigenvalue weighted by Crippen LogP contribution is -2.21. The predicted octanol–water partition coefficient (Wildman–Crippen LogP) is -1.21. The number of nitrogens with one attached hydrogen (secondary N) is 1. The summed E-state index contributed by atoms with van der Waals surface area (Å²) in [4.78, 5) is 14.8. The second kappa shape index (κ2) is 4.59. The van der Waals surface area contributed by atoms with Crippen molar-refractivity contribution in [2.45, 2.75) is 0 Å². The third-order valence-electron chi connectivity index (χ3n) is 1.44. The number of amides is 1. The van der Waals surface area contributed by atoms with Crippen molar-refractivity contribution in [2.75, 3.05) is 7.05 Å². The van der Waals surface area contributed by atoms with Gasteiger partial charge in [-0.25, -0.2) is 4.98 Å². The second-order valence-electron chi connectivity index (χ2n) is 2.40. The SMILES string of the molecule is CNC(=O)c1ccc(OB(O)O)cn1. The molecule has 1 amide bonds. The molecule has 0 aliphatic heterocycles. The van der Waals surface area contributed by atoms with Gasteiger partial charge in [0.1, 0.15) is 11.4 Å². The van der Waals surface area contributed by atoms with Crippen LogP contribution in [-0.2, 0) is 0 Å². The molecule has 0 spiro atoms. The van der Waals surface area contributed by atoms with Gasteiger partial charge >= 0.3 is 7.32 Å². The van der Waals surface area contributed by atoms with E-state index in [1.165, 1.54) is 25.4 Å². The zero-order chi connectivity index (χ0) is 10.6.